The van der Waals surface area contributed by atoms with Crippen LogP contribution in [0.5, 0.6) is 0 Å². The molecule has 7 heterocycles. The van der Waals surface area contributed by atoms with Gasteiger partial charge in [0.1, 0.15) is 0 Å². The molecule has 7 aromatic rings. The van der Waals surface area contributed by atoms with Crippen LogP contribution in [0.3, 0.4) is 0 Å². The maximum absolute atomic E-state index is 12.0. The van der Waals surface area contributed by atoms with E-state index in [9.17, 15) is 19.8 Å². The fourth-order valence-corrected chi connectivity index (χ4v) is 9.45. The van der Waals surface area contributed by atoms with Gasteiger partial charge in [-0.25, -0.2) is 0 Å². The van der Waals surface area contributed by atoms with Crippen molar-refractivity contribution in [1.82, 2.24) is 29.9 Å². The van der Waals surface area contributed by atoms with Crippen molar-refractivity contribution in [3.8, 4) is 0 Å². The standard InChI is InChI=1S/C46H56N6O4/c1-11-27-23(7)39-41-25(9)29(13-3)43(51-41)44-30(14-4)26(10)42(52-44)40-24(8)28(12-2)36(50-40)20-34-22(6)32(16-18-38(55)56)46(48-34)45-31(15-17-37(53)54)21(5)33(47-45)19-35(27)49-39/h19-20,47-52H,11-18H2,1-10H3,(H,53,54)(H,55,56). The first-order valence-corrected chi connectivity index (χ1v) is 20.2. The number of hydrogen-bond acceptors (Lipinski definition) is 2. The van der Waals surface area contributed by atoms with Crippen molar-refractivity contribution >= 4 is 78.1 Å². The fraction of sp³-hybridized carbons (Fsp3) is 0.391. The zero-order chi connectivity index (χ0) is 40.3. The molecule has 7 aromatic heterocycles. The number of hydrogen-bond donors (Lipinski definition) is 8. The molecular weight excluding hydrogens is 701 g/mol. The van der Waals surface area contributed by atoms with Gasteiger partial charge in [-0.1, -0.05) is 27.7 Å². The van der Waals surface area contributed by atoms with E-state index in [1.165, 1.54) is 44.5 Å². The third-order valence-electron chi connectivity index (χ3n) is 12.6. The molecule has 0 aromatic carbocycles. The summed E-state index contributed by atoms with van der Waals surface area (Å²) in [6, 6.07) is 4.31. The lowest BCUT2D eigenvalue weighted by Gasteiger charge is -2.02. The molecule has 7 rings (SSSR count). The van der Waals surface area contributed by atoms with Crippen LogP contribution in [0.4, 0.5) is 0 Å². The highest BCUT2D eigenvalue weighted by Crippen LogP contribution is 2.36. The molecule has 12 bridgehead atoms. The minimum Gasteiger partial charge on any atom is -0.481 e. The summed E-state index contributed by atoms with van der Waals surface area (Å²) in [5, 5.41) is 19.6. The smallest absolute Gasteiger partial charge is 0.303 e. The summed E-state index contributed by atoms with van der Waals surface area (Å²) in [6.07, 6.45) is 4.00. The topological polar surface area (TPSA) is 169 Å². The first-order valence-electron chi connectivity index (χ1n) is 20.2. The Hall–Kier alpha value is -5.64. The average Bonchev–Trinajstić information content (AvgIpc) is 3.97. The lowest BCUT2D eigenvalue weighted by molar-refractivity contribution is -0.138. The molecule has 0 fully saturated rings. The van der Waals surface area contributed by atoms with E-state index >= 15 is 0 Å². The minimum absolute atomic E-state index is 0.0295. The lowest BCUT2D eigenvalue weighted by atomic mass is 10.0. The van der Waals surface area contributed by atoms with Gasteiger partial charge in [-0.3, -0.25) is 9.59 Å². The number of aryl methyl sites for hydroxylation is 12. The SMILES string of the molecule is CCc1c(C)c2[nH]c1cc1[nH]c(c(CCC(=O)O)c1C)c1[nH]c(cc3[nH]c(c(C)c3CC)c3[nH]c(c(CC)c3C)c3[nH]c2c(C)c3CC)c(C)c1CCC(=O)O. The lowest BCUT2D eigenvalue weighted by Crippen LogP contribution is -1.99. The van der Waals surface area contributed by atoms with Crippen LogP contribution in [0.25, 0.3) is 66.2 Å². The predicted octanol–water partition coefficient (Wildman–Crippen LogP) is 11.0. The number of fused-ring (bicyclic) bond motifs is 16. The summed E-state index contributed by atoms with van der Waals surface area (Å²) in [4.78, 5) is 46.9. The summed E-state index contributed by atoms with van der Waals surface area (Å²) in [7, 11) is 0. The van der Waals surface area contributed by atoms with E-state index in [1.54, 1.807) is 0 Å². The number of rotatable bonds is 10. The molecule has 0 saturated heterocycles. The molecular formula is C46H56N6O4. The molecule has 0 radical (unpaired) electrons. The molecule has 0 aliphatic carbocycles. The van der Waals surface area contributed by atoms with E-state index in [1.807, 2.05) is 13.8 Å². The highest BCUT2D eigenvalue weighted by atomic mass is 16.4. The van der Waals surface area contributed by atoms with E-state index < -0.39 is 11.9 Å². The summed E-state index contributed by atoms with van der Waals surface area (Å²) in [6.45, 7) is 21.7. The Morgan fingerprint density at radius 2 is 0.679 bits per heavy atom. The number of nitrogens with one attached hydrogen (secondary N) is 6. The van der Waals surface area contributed by atoms with Gasteiger partial charge in [0.05, 0.1) is 44.1 Å². The third-order valence-corrected chi connectivity index (χ3v) is 12.6. The van der Waals surface area contributed by atoms with Crippen molar-refractivity contribution in [3.63, 3.8) is 0 Å². The van der Waals surface area contributed by atoms with Crippen LogP contribution in [0, 0.1) is 41.5 Å². The van der Waals surface area contributed by atoms with E-state index in [2.05, 4.69) is 97.4 Å². The Kier molecular flexibility index (Phi) is 10.2. The zero-order valence-corrected chi connectivity index (χ0v) is 34.5. The molecule has 10 heteroatoms. The zero-order valence-electron chi connectivity index (χ0n) is 34.5. The Bertz CT molecular complexity index is 2690. The van der Waals surface area contributed by atoms with E-state index in [0.717, 1.165) is 114 Å². The van der Waals surface area contributed by atoms with Crippen LogP contribution in [0.2, 0.25) is 0 Å². The van der Waals surface area contributed by atoms with Gasteiger partial charge in [0, 0.05) is 34.9 Å². The quantitative estimate of drug-likeness (QED) is 0.0695. The molecule has 0 aliphatic heterocycles. The van der Waals surface area contributed by atoms with Crippen LogP contribution in [0.1, 0.15) is 107 Å². The Labute approximate surface area is 326 Å². The van der Waals surface area contributed by atoms with Crippen LogP contribution >= 0.6 is 0 Å². The summed E-state index contributed by atoms with van der Waals surface area (Å²) < 4.78 is 0. The van der Waals surface area contributed by atoms with Crippen molar-refractivity contribution < 1.29 is 19.8 Å². The van der Waals surface area contributed by atoms with Gasteiger partial charge < -0.3 is 40.1 Å². The van der Waals surface area contributed by atoms with Crippen LogP contribution in [-0.4, -0.2) is 52.1 Å². The number of carboxylic acids is 2. The molecule has 10 nitrogen and oxygen atoms in total. The second kappa shape index (κ2) is 14.8. The number of H-pyrrole nitrogens is 6. The van der Waals surface area contributed by atoms with Gasteiger partial charge in [-0.05, 0) is 159 Å². The van der Waals surface area contributed by atoms with Gasteiger partial charge in [0.25, 0.3) is 0 Å². The minimum atomic E-state index is -0.868. The number of aromatic amines is 6. The third kappa shape index (κ3) is 6.19. The van der Waals surface area contributed by atoms with E-state index in [-0.39, 0.29) is 12.8 Å². The normalized spacial score (nSPS) is 11.9. The molecule has 0 spiro atoms. The second-order valence-electron chi connectivity index (χ2n) is 15.5. The number of aromatic nitrogens is 6. The molecule has 0 saturated carbocycles. The molecule has 0 unspecified atom stereocenters. The molecule has 294 valence electrons. The number of carbonyl (C=O) groups is 2. The van der Waals surface area contributed by atoms with Crippen LogP contribution in [-0.2, 0) is 48.1 Å². The maximum Gasteiger partial charge on any atom is 0.303 e. The molecule has 0 amide bonds. The highest BCUT2D eigenvalue weighted by Gasteiger charge is 2.21. The van der Waals surface area contributed by atoms with Gasteiger partial charge in [0.15, 0.2) is 0 Å². The first kappa shape index (κ1) is 38.6. The van der Waals surface area contributed by atoms with Crippen molar-refractivity contribution in [1.29, 1.82) is 0 Å². The van der Waals surface area contributed by atoms with Crippen molar-refractivity contribution in [2.24, 2.45) is 0 Å². The average molecular weight is 757 g/mol. The second-order valence-corrected chi connectivity index (χ2v) is 15.5. The van der Waals surface area contributed by atoms with Crippen molar-refractivity contribution in [2.75, 3.05) is 0 Å². The number of aliphatic carboxylic acids is 2. The molecule has 56 heavy (non-hydrogen) atoms. The van der Waals surface area contributed by atoms with Gasteiger partial charge in [0.2, 0.25) is 0 Å². The first-order chi connectivity index (χ1) is 26.7. The van der Waals surface area contributed by atoms with Crippen LogP contribution < -0.4 is 0 Å². The predicted molar refractivity (Wildman–Crippen MR) is 231 cm³/mol. The van der Waals surface area contributed by atoms with Crippen LogP contribution in [0.15, 0.2) is 12.1 Å². The Morgan fingerprint density at radius 1 is 0.393 bits per heavy atom. The molecule has 8 N–H and O–H groups in total. The van der Waals surface area contributed by atoms with E-state index in [4.69, 9.17) is 0 Å². The fourth-order valence-electron chi connectivity index (χ4n) is 9.45. The Balaban J connectivity index is 1.77. The maximum atomic E-state index is 12.0. The Morgan fingerprint density at radius 3 is 1.00 bits per heavy atom. The highest BCUT2D eigenvalue weighted by molar-refractivity contribution is 5.99. The summed E-state index contributed by atoms with van der Waals surface area (Å²) in [5.74, 6) is -1.74. The van der Waals surface area contributed by atoms with Crippen molar-refractivity contribution in [3.05, 3.63) is 78.9 Å². The summed E-state index contributed by atoms with van der Waals surface area (Å²) in [5.41, 5.74) is 25.5. The van der Waals surface area contributed by atoms with Gasteiger partial charge in [-0.2, -0.15) is 0 Å². The molecule has 0 aliphatic rings. The van der Waals surface area contributed by atoms with Crippen molar-refractivity contribution in [2.45, 2.75) is 121 Å². The van der Waals surface area contributed by atoms with Gasteiger partial charge in [-0.15, -0.1) is 0 Å². The number of carboxylic acid groups (broad SMARTS) is 2. The molecule has 0 atom stereocenters. The summed E-state index contributed by atoms with van der Waals surface area (Å²) >= 11 is 0. The monoisotopic (exact) mass is 756 g/mol. The van der Waals surface area contributed by atoms with Gasteiger partial charge >= 0.3 is 11.9 Å². The largest absolute Gasteiger partial charge is 0.481 e. The van der Waals surface area contributed by atoms with E-state index in [0.29, 0.717) is 12.8 Å².